The van der Waals surface area contributed by atoms with E-state index < -0.39 is 0 Å². The third kappa shape index (κ3) is 4.35. The summed E-state index contributed by atoms with van der Waals surface area (Å²) in [6.45, 7) is 0. The van der Waals surface area contributed by atoms with Crippen molar-refractivity contribution in [3.05, 3.63) is 164 Å². The maximum Gasteiger partial charge on any atom is 0.0462 e. The molecule has 0 saturated heterocycles. The number of benzene rings is 7. The Labute approximate surface area is 229 Å². The molecule has 39 heavy (non-hydrogen) atoms. The van der Waals surface area contributed by atoms with Crippen molar-refractivity contribution in [2.45, 2.75) is 0 Å². The van der Waals surface area contributed by atoms with Crippen LogP contribution in [0.1, 0.15) is 0 Å². The number of para-hydroxylation sites is 1. The van der Waals surface area contributed by atoms with E-state index in [0.717, 1.165) is 17.1 Å². The lowest BCUT2D eigenvalue weighted by Gasteiger charge is -2.26. The van der Waals surface area contributed by atoms with Gasteiger partial charge >= 0.3 is 0 Å². The Kier molecular flexibility index (Phi) is 5.88. The van der Waals surface area contributed by atoms with E-state index >= 15 is 0 Å². The lowest BCUT2D eigenvalue weighted by atomic mass is 9.93. The van der Waals surface area contributed by atoms with Crippen LogP contribution >= 0.6 is 0 Å². The molecule has 0 bridgehead atoms. The van der Waals surface area contributed by atoms with Crippen molar-refractivity contribution in [3.63, 3.8) is 0 Å². The van der Waals surface area contributed by atoms with Gasteiger partial charge in [0.2, 0.25) is 0 Å². The van der Waals surface area contributed by atoms with Gasteiger partial charge in [0.1, 0.15) is 0 Å². The molecular weight excluding hydrogens is 470 g/mol. The third-order valence-corrected chi connectivity index (χ3v) is 7.45. The minimum Gasteiger partial charge on any atom is -0.311 e. The van der Waals surface area contributed by atoms with Crippen molar-refractivity contribution in [3.8, 4) is 22.3 Å². The van der Waals surface area contributed by atoms with Gasteiger partial charge in [0.25, 0.3) is 0 Å². The van der Waals surface area contributed by atoms with Gasteiger partial charge < -0.3 is 4.90 Å². The van der Waals surface area contributed by atoms with Crippen molar-refractivity contribution in [1.29, 1.82) is 0 Å². The highest BCUT2D eigenvalue weighted by atomic mass is 15.1. The van der Waals surface area contributed by atoms with Crippen LogP contribution < -0.4 is 4.90 Å². The van der Waals surface area contributed by atoms with Crippen LogP contribution in [-0.4, -0.2) is 0 Å². The molecule has 0 aliphatic rings. The van der Waals surface area contributed by atoms with Gasteiger partial charge in [-0.05, 0) is 86.3 Å². The summed E-state index contributed by atoms with van der Waals surface area (Å²) in [7, 11) is 0. The third-order valence-electron chi connectivity index (χ3n) is 7.45. The van der Waals surface area contributed by atoms with Crippen LogP contribution in [0.15, 0.2) is 164 Å². The van der Waals surface area contributed by atoms with E-state index in [-0.39, 0.29) is 0 Å². The molecule has 7 aromatic rings. The van der Waals surface area contributed by atoms with Crippen molar-refractivity contribution in [1.82, 2.24) is 0 Å². The lowest BCUT2D eigenvalue weighted by molar-refractivity contribution is 1.28. The summed E-state index contributed by atoms with van der Waals surface area (Å²) >= 11 is 0. The fourth-order valence-corrected chi connectivity index (χ4v) is 5.54. The zero-order valence-electron chi connectivity index (χ0n) is 21.5. The number of rotatable bonds is 5. The van der Waals surface area contributed by atoms with Crippen LogP contribution in [0.4, 0.5) is 17.1 Å². The molecule has 0 atom stereocenters. The van der Waals surface area contributed by atoms with E-state index in [4.69, 9.17) is 0 Å². The Balaban J connectivity index is 1.31. The molecule has 7 rings (SSSR count). The van der Waals surface area contributed by atoms with Crippen LogP contribution in [-0.2, 0) is 0 Å². The van der Waals surface area contributed by atoms with Gasteiger partial charge in [0, 0.05) is 17.1 Å². The average Bonchev–Trinajstić information content (AvgIpc) is 3.02. The van der Waals surface area contributed by atoms with Crippen LogP contribution in [0, 0.1) is 0 Å². The molecule has 0 aliphatic heterocycles. The molecular formula is C38H27N. The van der Waals surface area contributed by atoms with Crippen LogP contribution in [0.25, 0.3) is 43.8 Å². The second-order valence-electron chi connectivity index (χ2n) is 9.82. The maximum absolute atomic E-state index is 2.32. The summed E-state index contributed by atoms with van der Waals surface area (Å²) in [4.78, 5) is 2.32. The summed E-state index contributed by atoms with van der Waals surface area (Å²) in [5.41, 5.74) is 8.30. The van der Waals surface area contributed by atoms with E-state index in [1.165, 1.54) is 43.8 Å². The highest BCUT2D eigenvalue weighted by Crippen LogP contribution is 2.39. The topological polar surface area (TPSA) is 3.24 Å². The second-order valence-corrected chi connectivity index (χ2v) is 9.82. The van der Waals surface area contributed by atoms with Crippen LogP contribution in [0.3, 0.4) is 0 Å². The number of fused-ring (bicyclic) bond motifs is 3. The van der Waals surface area contributed by atoms with E-state index in [1.807, 2.05) is 0 Å². The lowest BCUT2D eigenvalue weighted by Crippen LogP contribution is -2.09. The van der Waals surface area contributed by atoms with E-state index in [0.29, 0.717) is 0 Å². The molecule has 0 aliphatic carbocycles. The van der Waals surface area contributed by atoms with E-state index in [9.17, 15) is 0 Å². The molecule has 184 valence electrons. The second kappa shape index (κ2) is 9.96. The molecule has 0 radical (unpaired) electrons. The van der Waals surface area contributed by atoms with Crippen molar-refractivity contribution in [2.24, 2.45) is 0 Å². The Morgan fingerprint density at radius 2 is 0.769 bits per heavy atom. The van der Waals surface area contributed by atoms with Crippen LogP contribution in [0.2, 0.25) is 0 Å². The standard InChI is InChI=1S/C38H27N/c1-3-11-28(12-4-1)29-19-23-33(24-20-29)39(32-14-5-2-6-15-32)34-25-21-30(22-26-34)38-27-31-13-7-8-16-35(31)36-17-9-10-18-37(36)38/h1-27H. The highest BCUT2D eigenvalue weighted by Gasteiger charge is 2.14. The highest BCUT2D eigenvalue weighted by molar-refractivity contribution is 6.13. The van der Waals surface area contributed by atoms with Gasteiger partial charge in [-0.2, -0.15) is 0 Å². The summed E-state index contributed by atoms with van der Waals surface area (Å²) < 4.78 is 0. The monoisotopic (exact) mass is 497 g/mol. The largest absolute Gasteiger partial charge is 0.311 e. The predicted octanol–water partition coefficient (Wildman–Crippen LogP) is 10.8. The summed E-state index contributed by atoms with van der Waals surface area (Å²) in [5, 5.41) is 5.13. The van der Waals surface area contributed by atoms with Gasteiger partial charge in [-0.15, -0.1) is 0 Å². The Morgan fingerprint density at radius 1 is 0.308 bits per heavy atom. The summed E-state index contributed by atoms with van der Waals surface area (Å²) in [6.07, 6.45) is 0. The molecule has 0 saturated carbocycles. The quantitative estimate of drug-likeness (QED) is 0.214. The van der Waals surface area contributed by atoms with Gasteiger partial charge in [-0.3, -0.25) is 0 Å². The molecule has 1 nitrogen and oxygen atoms in total. The Hall–Kier alpha value is -5.14. The normalized spacial score (nSPS) is 11.1. The van der Waals surface area contributed by atoms with Gasteiger partial charge in [-0.25, -0.2) is 0 Å². The van der Waals surface area contributed by atoms with Gasteiger partial charge in [0.05, 0.1) is 0 Å². The smallest absolute Gasteiger partial charge is 0.0462 e. The molecule has 7 aromatic carbocycles. The fraction of sp³-hybridized carbons (Fsp3) is 0. The number of hydrogen-bond acceptors (Lipinski definition) is 1. The first kappa shape index (κ1) is 23.0. The molecule has 0 spiro atoms. The fourth-order valence-electron chi connectivity index (χ4n) is 5.54. The zero-order valence-corrected chi connectivity index (χ0v) is 21.5. The summed E-state index contributed by atoms with van der Waals surface area (Å²) in [5.74, 6) is 0. The average molecular weight is 498 g/mol. The first-order valence-electron chi connectivity index (χ1n) is 13.4. The molecule has 0 unspecified atom stereocenters. The first-order valence-corrected chi connectivity index (χ1v) is 13.4. The van der Waals surface area contributed by atoms with Crippen LogP contribution in [0.5, 0.6) is 0 Å². The van der Waals surface area contributed by atoms with E-state index in [1.54, 1.807) is 0 Å². The number of nitrogens with zero attached hydrogens (tertiary/aromatic N) is 1. The number of hydrogen-bond donors (Lipinski definition) is 0. The van der Waals surface area contributed by atoms with Crippen molar-refractivity contribution in [2.75, 3.05) is 4.90 Å². The molecule has 0 N–H and O–H groups in total. The zero-order chi connectivity index (χ0) is 26.0. The maximum atomic E-state index is 2.32. The van der Waals surface area contributed by atoms with Crippen molar-refractivity contribution >= 4 is 38.6 Å². The van der Waals surface area contributed by atoms with E-state index in [2.05, 4.69) is 169 Å². The Morgan fingerprint density at radius 3 is 1.44 bits per heavy atom. The molecule has 0 amide bonds. The molecule has 0 fully saturated rings. The molecule has 1 heteroatoms. The SMILES string of the molecule is c1ccc(-c2ccc(N(c3ccccc3)c3ccc(-c4cc5ccccc5c5ccccc45)cc3)cc2)cc1. The molecule has 0 aromatic heterocycles. The minimum atomic E-state index is 1.13. The Bertz CT molecular complexity index is 1870. The first-order chi connectivity index (χ1) is 19.3. The summed E-state index contributed by atoms with van der Waals surface area (Å²) in [6, 6.07) is 58.6. The molecule has 0 heterocycles. The minimum absolute atomic E-state index is 1.13. The number of anilines is 3. The van der Waals surface area contributed by atoms with Crippen molar-refractivity contribution < 1.29 is 0 Å². The van der Waals surface area contributed by atoms with Gasteiger partial charge in [0.15, 0.2) is 0 Å². The predicted molar refractivity (Wildman–Crippen MR) is 167 cm³/mol. The van der Waals surface area contributed by atoms with Gasteiger partial charge in [-0.1, -0.05) is 121 Å².